The number of rotatable bonds is 3. The maximum atomic E-state index is 10.9. The number of hydrogen-bond donors (Lipinski definition) is 3. The minimum absolute atomic E-state index is 0.0158. The Kier molecular flexibility index (Phi) is 2.70. The summed E-state index contributed by atoms with van der Waals surface area (Å²) in [6.45, 7) is 1.74. The molecule has 0 saturated heterocycles. The largest absolute Gasteiger partial charge is 0.394 e. The van der Waals surface area contributed by atoms with Crippen LogP contribution in [0.4, 0.5) is 4.79 Å². The molecule has 0 aromatic rings. The number of aliphatic hydroxyl groups excluding tert-OH is 1. The van der Waals surface area contributed by atoms with Crippen molar-refractivity contribution in [3.05, 3.63) is 0 Å². The minimum atomic E-state index is -0.172. The second kappa shape index (κ2) is 3.57. The van der Waals surface area contributed by atoms with E-state index in [2.05, 4.69) is 10.6 Å². The zero-order valence-electron chi connectivity index (χ0n) is 6.63. The van der Waals surface area contributed by atoms with Crippen molar-refractivity contribution in [2.24, 2.45) is 0 Å². The quantitative estimate of drug-likeness (QED) is 0.534. The third kappa shape index (κ3) is 3.23. The second-order valence-corrected chi connectivity index (χ2v) is 2.98. The molecular weight excluding hydrogens is 144 g/mol. The van der Waals surface area contributed by atoms with E-state index in [4.69, 9.17) is 5.11 Å². The van der Waals surface area contributed by atoms with Gasteiger partial charge in [-0.05, 0) is 19.8 Å². The molecule has 11 heavy (non-hydrogen) atoms. The monoisotopic (exact) mass is 158 g/mol. The van der Waals surface area contributed by atoms with E-state index in [0.717, 1.165) is 12.8 Å². The summed E-state index contributed by atoms with van der Waals surface area (Å²) in [6.07, 6.45) is 2.17. The fourth-order valence-corrected chi connectivity index (χ4v) is 0.724. The standard InChI is InChI=1S/C7H14N2O2/c1-5(4-10)8-7(11)9-6-2-3-6/h5-6,10H,2-4H2,1H3,(H2,8,9,11)/t5-/m1/s1. The number of aliphatic hydroxyl groups is 1. The Morgan fingerprint density at radius 2 is 2.36 bits per heavy atom. The van der Waals surface area contributed by atoms with Gasteiger partial charge in [-0.3, -0.25) is 0 Å². The highest BCUT2D eigenvalue weighted by Gasteiger charge is 2.23. The molecule has 1 aliphatic rings. The van der Waals surface area contributed by atoms with Crippen LogP contribution in [-0.2, 0) is 0 Å². The van der Waals surface area contributed by atoms with Crippen molar-refractivity contribution in [1.82, 2.24) is 10.6 Å². The number of carbonyl (C=O) groups excluding carboxylic acids is 1. The molecule has 3 N–H and O–H groups in total. The molecule has 4 nitrogen and oxygen atoms in total. The summed E-state index contributed by atoms with van der Waals surface area (Å²) in [4.78, 5) is 10.9. The highest BCUT2D eigenvalue weighted by atomic mass is 16.3. The van der Waals surface area contributed by atoms with E-state index in [1.807, 2.05) is 0 Å². The van der Waals surface area contributed by atoms with E-state index in [-0.39, 0.29) is 18.7 Å². The lowest BCUT2D eigenvalue weighted by molar-refractivity contribution is 0.220. The molecule has 64 valence electrons. The van der Waals surface area contributed by atoms with Gasteiger partial charge >= 0.3 is 6.03 Å². The van der Waals surface area contributed by atoms with Crippen LogP contribution >= 0.6 is 0 Å². The molecule has 0 spiro atoms. The van der Waals surface area contributed by atoms with E-state index in [1.165, 1.54) is 0 Å². The van der Waals surface area contributed by atoms with Crippen LogP contribution in [0.2, 0.25) is 0 Å². The second-order valence-electron chi connectivity index (χ2n) is 2.98. The van der Waals surface area contributed by atoms with Crippen molar-refractivity contribution >= 4 is 6.03 Å². The van der Waals surface area contributed by atoms with Crippen molar-refractivity contribution in [1.29, 1.82) is 0 Å². The topological polar surface area (TPSA) is 61.4 Å². The van der Waals surface area contributed by atoms with Crippen molar-refractivity contribution in [3.8, 4) is 0 Å². The SMILES string of the molecule is C[C@H](CO)NC(=O)NC1CC1. The first-order valence-corrected chi connectivity index (χ1v) is 3.90. The highest BCUT2D eigenvalue weighted by Crippen LogP contribution is 2.18. The lowest BCUT2D eigenvalue weighted by Gasteiger charge is -2.10. The van der Waals surface area contributed by atoms with Gasteiger partial charge in [0, 0.05) is 6.04 Å². The zero-order valence-corrected chi connectivity index (χ0v) is 6.63. The molecule has 1 saturated carbocycles. The van der Waals surface area contributed by atoms with Crippen LogP contribution in [0.25, 0.3) is 0 Å². The van der Waals surface area contributed by atoms with Crippen LogP contribution < -0.4 is 10.6 Å². The van der Waals surface area contributed by atoms with E-state index in [9.17, 15) is 4.79 Å². The molecule has 0 radical (unpaired) electrons. The number of nitrogens with one attached hydrogen (secondary N) is 2. The van der Waals surface area contributed by atoms with Gasteiger partial charge in [0.1, 0.15) is 0 Å². The number of amides is 2. The van der Waals surface area contributed by atoms with Gasteiger partial charge < -0.3 is 15.7 Å². The summed E-state index contributed by atoms with van der Waals surface area (Å²) in [6, 6.07) is 0.0451. The highest BCUT2D eigenvalue weighted by molar-refractivity contribution is 5.74. The molecule has 1 rings (SSSR count). The number of carbonyl (C=O) groups is 1. The summed E-state index contributed by atoms with van der Waals surface area (Å²) < 4.78 is 0. The first kappa shape index (κ1) is 8.33. The first-order valence-electron chi connectivity index (χ1n) is 3.90. The molecule has 1 atom stereocenters. The van der Waals surface area contributed by atoms with Gasteiger partial charge in [-0.15, -0.1) is 0 Å². The van der Waals surface area contributed by atoms with Crippen LogP contribution in [0.15, 0.2) is 0 Å². The van der Waals surface area contributed by atoms with Gasteiger partial charge in [0.25, 0.3) is 0 Å². The Balaban J connectivity index is 2.08. The molecule has 0 aromatic heterocycles. The molecule has 0 heterocycles. The zero-order chi connectivity index (χ0) is 8.27. The molecule has 0 aliphatic heterocycles. The Labute approximate surface area is 66.0 Å². The lowest BCUT2D eigenvalue weighted by Crippen LogP contribution is -2.43. The van der Waals surface area contributed by atoms with Gasteiger partial charge in [0.15, 0.2) is 0 Å². The predicted molar refractivity (Wildman–Crippen MR) is 41.2 cm³/mol. The maximum absolute atomic E-state index is 10.9. The van der Waals surface area contributed by atoms with Crippen LogP contribution in [-0.4, -0.2) is 29.8 Å². The molecule has 0 unspecified atom stereocenters. The van der Waals surface area contributed by atoms with Crippen molar-refractivity contribution in [3.63, 3.8) is 0 Å². The van der Waals surface area contributed by atoms with Crippen LogP contribution in [0.3, 0.4) is 0 Å². The minimum Gasteiger partial charge on any atom is -0.394 e. The summed E-state index contributed by atoms with van der Waals surface area (Å²) >= 11 is 0. The molecule has 1 fully saturated rings. The third-order valence-electron chi connectivity index (χ3n) is 1.56. The van der Waals surface area contributed by atoms with E-state index in [0.29, 0.717) is 6.04 Å². The van der Waals surface area contributed by atoms with Gasteiger partial charge in [-0.1, -0.05) is 0 Å². The summed E-state index contributed by atoms with van der Waals surface area (Å²) in [5.41, 5.74) is 0. The van der Waals surface area contributed by atoms with Gasteiger partial charge in [-0.2, -0.15) is 0 Å². The lowest BCUT2D eigenvalue weighted by atomic mass is 10.4. The van der Waals surface area contributed by atoms with Gasteiger partial charge in [0.05, 0.1) is 12.6 Å². The fourth-order valence-electron chi connectivity index (χ4n) is 0.724. The average molecular weight is 158 g/mol. The first-order chi connectivity index (χ1) is 5.22. The Morgan fingerprint density at radius 1 is 1.73 bits per heavy atom. The van der Waals surface area contributed by atoms with Crippen molar-refractivity contribution in [2.45, 2.75) is 31.8 Å². The normalized spacial score (nSPS) is 19.1. The van der Waals surface area contributed by atoms with Crippen LogP contribution in [0.1, 0.15) is 19.8 Å². The predicted octanol–water partition coefficient (Wildman–Crippen LogP) is -0.171. The van der Waals surface area contributed by atoms with E-state index >= 15 is 0 Å². The fraction of sp³-hybridized carbons (Fsp3) is 0.857. The molecular formula is C7H14N2O2. The molecule has 1 aliphatic carbocycles. The maximum Gasteiger partial charge on any atom is 0.315 e. The van der Waals surface area contributed by atoms with E-state index in [1.54, 1.807) is 6.92 Å². The Bertz CT molecular complexity index is 145. The molecule has 0 bridgehead atoms. The smallest absolute Gasteiger partial charge is 0.315 e. The third-order valence-corrected chi connectivity index (χ3v) is 1.56. The van der Waals surface area contributed by atoms with Gasteiger partial charge in [-0.25, -0.2) is 4.79 Å². The molecule has 4 heteroatoms. The van der Waals surface area contributed by atoms with Crippen molar-refractivity contribution < 1.29 is 9.90 Å². The Morgan fingerprint density at radius 3 is 2.82 bits per heavy atom. The molecule has 0 aromatic carbocycles. The number of urea groups is 1. The molecule has 2 amide bonds. The van der Waals surface area contributed by atoms with Crippen LogP contribution in [0.5, 0.6) is 0 Å². The van der Waals surface area contributed by atoms with E-state index < -0.39 is 0 Å². The number of hydrogen-bond acceptors (Lipinski definition) is 2. The average Bonchev–Trinajstić information content (AvgIpc) is 2.71. The van der Waals surface area contributed by atoms with Gasteiger partial charge in [0.2, 0.25) is 0 Å². The summed E-state index contributed by atoms with van der Waals surface area (Å²) in [5, 5.41) is 13.9. The Hall–Kier alpha value is -0.770. The van der Waals surface area contributed by atoms with Crippen molar-refractivity contribution in [2.75, 3.05) is 6.61 Å². The van der Waals surface area contributed by atoms with Crippen LogP contribution in [0, 0.1) is 0 Å². The summed E-state index contributed by atoms with van der Waals surface area (Å²) in [7, 11) is 0. The summed E-state index contributed by atoms with van der Waals surface area (Å²) in [5.74, 6) is 0.